The molecule has 1 aromatic rings. The molecular formula is C16H20N2. The standard InChI is InChI=1S/C16H20N2/c1-14(2)9-11-16(13-18,10-6-12-17)15-7-4-3-5-8-15/h3-5,7-8,14H,6,9-11H2,1-2H3. The molecule has 1 unspecified atom stereocenters. The molecular weight excluding hydrogens is 220 g/mol. The molecule has 0 N–H and O–H groups in total. The van der Waals surface area contributed by atoms with E-state index in [-0.39, 0.29) is 0 Å². The first-order valence-electron chi connectivity index (χ1n) is 6.48. The maximum absolute atomic E-state index is 9.61. The minimum atomic E-state index is -0.499. The molecule has 0 saturated carbocycles. The van der Waals surface area contributed by atoms with Gasteiger partial charge in [0.05, 0.1) is 17.6 Å². The van der Waals surface area contributed by atoms with E-state index >= 15 is 0 Å². The van der Waals surface area contributed by atoms with Crippen LogP contribution in [0.3, 0.4) is 0 Å². The van der Waals surface area contributed by atoms with Gasteiger partial charge in [0, 0.05) is 6.42 Å². The van der Waals surface area contributed by atoms with Crippen molar-refractivity contribution in [3.05, 3.63) is 35.9 Å². The minimum absolute atomic E-state index is 0.431. The molecule has 1 atom stereocenters. The lowest BCUT2D eigenvalue weighted by Gasteiger charge is -2.27. The molecule has 94 valence electrons. The van der Waals surface area contributed by atoms with Crippen molar-refractivity contribution in [3.63, 3.8) is 0 Å². The average molecular weight is 240 g/mol. The summed E-state index contributed by atoms with van der Waals surface area (Å²) in [7, 11) is 0. The summed E-state index contributed by atoms with van der Waals surface area (Å²) in [5.74, 6) is 0.573. The summed E-state index contributed by atoms with van der Waals surface area (Å²) >= 11 is 0. The Kier molecular flexibility index (Phi) is 5.40. The number of nitrogens with zero attached hydrogens (tertiary/aromatic N) is 2. The fourth-order valence-electron chi connectivity index (χ4n) is 2.15. The van der Waals surface area contributed by atoms with Crippen molar-refractivity contribution in [1.82, 2.24) is 0 Å². The molecule has 0 aliphatic rings. The summed E-state index contributed by atoms with van der Waals surface area (Å²) in [6, 6.07) is 14.5. The average Bonchev–Trinajstić information content (AvgIpc) is 2.40. The van der Waals surface area contributed by atoms with Gasteiger partial charge in [-0.15, -0.1) is 0 Å². The Labute approximate surface area is 110 Å². The van der Waals surface area contributed by atoms with Crippen LogP contribution in [-0.4, -0.2) is 0 Å². The van der Waals surface area contributed by atoms with E-state index in [2.05, 4.69) is 26.0 Å². The van der Waals surface area contributed by atoms with Crippen molar-refractivity contribution in [2.24, 2.45) is 5.92 Å². The lowest BCUT2D eigenvalue weighted by molar-refractivity contribution is 0.412. The quantitative estimate of drug-likeness (QED) is 0.748. The number of hydrogen-bond acceptors (Lipinski definition) is 2. The Morgan fingerprint density at radius 1 is 1.11 bits per heavy atom. The van der Waals surface area contributed by atoms with Crippen LogP contribution < -0.4 is 0 Å². The topological polar surface area (TPSA) is 47.6 Å². The van der Waals surface area contributed by atoms with Crippen LogP contribution in [0, 0.1) is 28.6 Å². The third-order valence-corrected chi connectivity index (χ3v) is 3.35. The van der Waals surface area contributed by atoms with Gasteiger partial charge in [0.15, 0.2) is 0 Å². The molecule has 0 fully saturated rings. The van der Waals surface area contributed by atoms with Gasteiger partial charge in [0.2, 0.25) is 0 Å². The predicted molar refractivity (Wildman–Crippen MR) is 72.7 cm³/mol. The fraction of sp³-hybridized carbons (Fsp3) is 0.500. The normalized spacial score (nSPS) is 13.6. The van der Waals surface area contributed by atoms with Crippen LogP contribution in [0.2, 0.25) is 0 Å². The zero-order valence-corrected chi connectivity index (χ0v) is 11.2. The SMILES string of the molecule is CC(C)CCC(C#N)(CCC#N)c1ccccc1. The van der Waals surface area contributed by atoms with E-state index in [4.69, 9.17) is 5.26 Å². The summed E-state index contributed by atoms with van der Waals surface area (Å²) in [5, 5.41) is 18.4. The number of nitriles is 2. The minimum Gasteiger partial charge on any atom is -0.198 e. The summed E-state index contributed by atoms with van der Waals surface area (Å²) in [4.78, 5) is 0. The van der Waals surface area contributed by atoms with Gasteiger partial charge in [-0.05, 0) is 30.7 Å². The number of rotatable bonds is 6. The van der Waals surface area contributed by atoms with E-state index < -0.39 is 5.41 Å². The first-order chi connectivity index (χ1) is 8.64. The van der Waals surface area contributed by atoms with Crippen molar-refractivity contribution in [3.8, 4) is 12.1 Å². The second-order valence-electron chi connectivity index (χ2n) is 5.15. The Hall–Kier alpha value is -1.80. The van der Waals surface area contributed by atoms with E-state index in [0.717, 1.165) is 18.4 Å². The highest BCUT2D eigenvalue weighted by atomic mass is 14.4. The monoisotopic (exact) mass is 240 g/mol. The predicted octanol–water partition coefficient (Wildman–Crippen LogP) is 4.19. The third kappa shape index (κ3) is 3.60. The second-order valence-corrected chi connectivity index (χ2v) is 5.15. The van der Waals surface area contributed by atoms with Crippen LogP contribution in [0.1, 0.15) is 45.1 Å². The molecule has 0 aromatic heterocycles. The summed E-state index contributed by atoms with van der Waals surface area (Å²) in [6.07, 6.45) is 2.89. The molecule has 0 heterocycles. The molecule has 0 spiro atoms. The van der Waals surface area contributed by atoms with E-state index in [1.165, 1.54) is 0 Å². The van der Waals surface area contributed by atoms with Crippen LogP contribution in [-0.2, 0) is 5.41 Å². The Bertz CT molecular complexity index is 436. The van der Waals surface area contributed by atoms with Crippen molar-refractivity contribution in [1.29, 1.82) is 10.5 Å². The van der Waals surface area contributed by atoms with Gasteiger partial charge in [-0.25, -0.2) is 0 Å². The van der Waals surface area contributed by atoms with E-state index in [9.17, 15) is 5.26 Å². The zero-order valence-electron chi connectivity index (χ0n) is 11.2. The van der Waals surface area contributed by atoms with Crippen LogP contribution in [0.25, 0.3) is 0 Å². The van der Waals surface area contributed by atoms with Crippen molar-refractivity contribution in [2.45, 2.75) is 44.9 Å². The van der Waals surface area contributed by atoms with Crippen molar-refractivity contribution < 1.29 is 0 Å². The summed E-state index contributed by atoms with van der Waals surface area (Å²) in [5.41, 5.74) is 0.546. The zero-order chi connectivity index (χ0) is 13.4. The van der Waals surface area contributed by atoms with E-state index in [0.29, 0.717) is 18.8 Å². The highest BCUT2D eigenvalue weighted by Gasteiger charge is 2.31. The highest BCUT2D eigenvalue weighted by molar-refractivity contribution is 5.32. The van der Waals surface area contributed by atoms with Crippen molar-refractivity contribution in [2.75, 3.05) is 0 Å². The third-order valence-electron chi connectivity index (χ3n) is 3.35. The van der Waals surface area contributed by atoms with Gasteiger partial charge in [0.1, 0.15) is 0 Å². The number of benzene rings is 1. The molecule has 1 aromatic carbocycles. The van der Waals surface area contributed by atoms with Gasteiger partial charge in [-0.3, -0.25) is 0 Å². The van der Waals surface area contributed by atoms with Crippen LogP contribution in [0.15, 0.2) is 30.3 Å². The second kappa shape index (κ2) is 6.82. The molecule has 0 radical (unpaired) electrons. The van der Waals surface area contributed by atoms with Gasteiger partial charge < -0.3 is 0 Å². The van der Waals surface area contributed by atoms with Gasteiger partial charge >= 0.3 is 0 Å². The largest absolute Gasteiger partial charge is 0.198 e. The Balaban J connectivity index is 2.99. The molecule has 0 saturated heterocycles. The summed E-state index contributed by atoms with van der Waals surface area (Å²) < 4.78 is 0. The molecule has 2 heteroatoms. The fourth-order valence-corrected chi connectivity index (χ4v) is 2.15. The van der Waals surface area contributed by atoms with Gasteiger partial charge in [-0.2, -0.15) is 10.5 Å². The lowest BCUT2D eigenvalue weighted by atomic mass is 9.73. The molecule has 18 heavy (non-hydrogen) atoms. The molecule has 0 aliphatic heterocycles. The van der Waals surface area contributed by atoms with Crippen LogP contribution in [0.4, 0.5) is 0 Å². The van der Waals surface area contributed by atoms with E-state index in [1.54, 1.807) is 0 Å². The van der Waals surface area contributed by atoms with Crippen LogP contribution in [0.5, 0.6) is 0 Å². The van der Waals surface area contributed by atoms with Crippen molar-refractivity contribution >= 4 is 0 Å². The lowest BCUT2D eigenvalue weighted by Crippen LogP contribution is -2.24. The van der Waals surface area contributed by atoms with Crippen LogP contribution >= 0.6 is 0 Å². The molecule has 0 aliphatic carbocycles. The molecule has 0 bridgehead atoms. The highest BCUT2D eigenvalue weighted by Crippen LogP contribution is 2.34. The molecule has 1 rings (SSSR count). The maximum atomic E-state index is 9.61. The Morgan fingerprint density at radius 3 is 2.28 bits per heavy atom. The number of hydrogen-bond donors (Lipinski definition) is 0. The molecule has 0 amide bonds. The summed E-state index contributed by atoms with van der Waals surface area (Å²) in [6.45, 7) is 4.33. The smallest absolute Gasteiger partial charge is 0.0832 e. The maximum Gasteiger partial charge on any atom is 0.0832 e. The Morgan fingerprint density at radius 2 is 1.78 bits per heavy atom. The van der Waals surface area contributed by atoms with Gasteiger partial charge in [-0.1, -0.05) is 44.2 Å². The first-order valence-corrected chi connectivity index (χ1v) is 6.48. The molecule has 2 nitrogen and oxygen atoms in total. The van der Waals surface area contributed by atoms with Gasteiger partial charge in [0.25, 0.3) is 0 Å². The van der Waals surface area contributed by atoms with E-state index in [1.807, 2.05) is 30.3 Å². The first kappa shape index (κ1) is 14.3.